The van der Waals surface area contributed by atoms with E-state index >= 15 is 0 Å². The van der Waals surface area contributed by atoms with Gasteiger partial charge in [0.2, 0.25) is 5.91 Å². The molecule has 0 unspecified atom stereocenters. The maximum Gasteiger partial charge on any atom is 0.220 e. The van der Waals surface area contributed by atoms with E-state index in [0.29, 0.717) is 23.2 Å². The Morgan fingerprint density at radius 2 is 1.71 bits per heavy atom. The van der Waals surface area contributed by atoms with Crippen molar-refractivity contribution in [2.45, 2.75) is 59.9 Å². The molecule has 1 saturated carbocycles. The predicted molar refractivity (Wildman–Crippen MR) is 71.6 cm³/mol. The van der Waals surface area contributed by atoms with Gasteiger partial charge in [0.25, 0.3) is 0 Å². The van der Waals surface area contributed by atoms with Crippen molar-refractivity contribution in [2.75, 3.05) is 6.54 Å². The Morgan fingerprint density at radius 3 is 2.06 bits per heavy atom. The minimum absolute atomic E-state index is 0.127. The molecule has 100 valence electrons. The molecule has 0 heterocycles. The average Bonchev–Trinajstić information content (AvgIpc) is 2.50. The fraction of sp³-hybridized carbons (Fsp3) is 0.929. The second-order valence-corrected chi connectivity index (χ2v) is 7.29. The van der Waals surface area contributed by atoms with Gasteiger partial charge in [-0.1, -0.05) is 27.7 Å². The van der Waals surface area contributed by atoms with Crippen molar-refractivity contribution >= 4 is 5.91 Å². The first-order valence-electron chi connectivity index (χ1n) is 6.54. The molecule has 3 heteroatoms. The van der Waals surface area contributed by atoms with E-state index in [0.717, 1.165) is 13.0 Å². The summed E-state index contributed by atoms with van der Waals surface area (Å²) in [5.41, 5.74) is 6.29. The highest BCUT2D eigenvalue weighted by atomic mass is 16.1. The van der Waals surface area contributed by atoms with Gasteiger partial charge in [-0.2, -0.15) is 0 Å². The number of nitrogens with two attached hydrogens (primary N) is 1. The third-order valence-corrected chi connectivity index (χ3v) is 4.82. The number of nitrogens with one attached hydrogen (secondary N) is 1. The van der Waals surface area contributed by atoms with Crippen molar-refractivity contribution in [3.8, 4) is 0 Å². The standard InChI is InChI=1S/C14H28N2O/c1-12(2,15)8-7-11(17)16-9-10-13(3,4)14(10,5)6/h10H,7-9,15H2,1-6H3,(H,16,17). The maximum absolute atomic E-state index is 11.7. The summed E-state index contributed by atoms with van der Waals surface area (Å²) in [4.78, 5) is 11.7. The Balaban J connectivity index is 2.27. The van der Waals surface area contributed by atoms with E-state index in [1.165, 1.54) is 0 Å². The third kappa shape index (κ3) is 3.21. The first kappa shape index (κ1) is 14.5. The molecule has 0 saturated heterocycles. The largest absolute Gasteiger partial charge is 0.356 e. The van der Waals surface area contributed by atoms with Crippen LogP contribution in [-0.2, 0) is 4.79 Å². The first-order valence-corrected chi connectivity index (χ1v) is 6.54. The summed E-state index contributed by atoms with van der Waals surface area (Å²) in [6, 6.07) is 0. The molecule has 17 heavy (non-hydrogen) atoms. The molecule has 0 atom stereocenters. The van der Waals surface area contributed by atoms with Crippen LogP contribution >= 0.6 is 0 Å². The highest BCUT2D eigenvalue weighted by molar-refractivity contribution is 5.76. The lowest BCUT2D eigenvalue weighted by Crippen LogP contribution is -2.35. The quantitative estimate of drug-likeness (QED) is 0.774. The average molecular weight is 240 g/mol. The Kier molecular flexibility index (Phi) is 3.64. The zero-order valence-corrected chi connectivity index (χ0v) is 12.2. The summed E-state index contributed by atoms with van der Waals surface area (Å²) in [5, 5.41) is 3.03. The summed E-state index contributed by atoms with van der Waals surface area (Å²) in [5.74, 6) is 0.715. The van der Waals surface area contributed by atoms with Gasteiger partial charge in [0.05, 0.1) is 0 Å². The maximum atomic E-state index is 11.7. The summed E-state index contributed by atoms with van der Waals surface area (Å²) in [7, 11) is 0. The van der Waals surface area contributed by atoms with Crippen LogP contribution in [-0.4, -0.2) is 18.0 Å². The van der Waals surface area contributed by atoms with Gasteiger partial charge in [-0.25, -0.2) is 0 Å². The second-order valence-electron chi connectivity index (χ2n) is 7.29. The zero-order chi connectivity index (χ0) is 13.5. The third-order valence-electron chi connectivity index (χ3n) is 4.82. The van der Waals surface area contributed by atoms with Crippen LogP contribution in [0.4, 0.5) is 0 Å². The normalized spacial score (nSPS) is 22.3. The fourth-order valence-corrected chi connectivity index (χ4v) is 2.58. The van der Waals surface area contributed by atoms with Gasteiger partial charge in [-0.3, -0.25) is 4.79 Å². The van der Waals surface area contributed by atoms with Crippen molar-refractivity contribution < 1.29 is 4.79 Å². The van der Waals surface area contributed by atoms with Crippen LogP contribution in [0.25, 0.3) is 0 Å². The molecule has 1 aliphatic rings. The molecule has 1 aliphatic carbocycles. The molecular formula is C14H28N2O. The zero-order valence-electron chi connectivity index (χ0n) is 12.2. The number of amides is 1. The van der Waals surface area contributed by atoms with Crippen LogP contribution in [0, 0.1) is 16.7 Å². The predicted octanol–water partition coefficient (Wildman–Crippen LogP) is 2.30. The molecule has 1 rings (SSSR count). The van der Waals surface area contributed by atoms with Crippen LogP contribution in [0.3, 0.4) is 0 Å². The fourth-order valence-electron chi connectivity index (χ4n) is 2.58. The highest BCUT2D eigenvalue weighted by Gasteiger charge is 2.64. The minimum Gasteiger partial charge on any atom is -0.356 e. The smallest absolute Gasteiger partial charge is 0.220 e. The molecule has 0 aliphatic heterocycles. The van der Waals surface area contributed by atoms with E-state index in [2.05, 4.69) is 33.0 Å². The van der Waals surface area contributed by atoms with E-state index in [9.17, 15) is 4.79 Å². The van der Waals surface area contributed by atoms with Crippen molar-refractivity contribution in [1.82, 2.24) is 5.32 Å². The van der Waals surface area contributed by atoms with Crippen molar-refractivity contribution in [2.24, 2.45) is 22.5 Å². The molecule has 0 aromatic carbocycles. The van der Waals surface area contributed by atoms with Crippen molar-refractivity contribution in [3.05, 3.63) is 0 Å². The Labute approximate surface area is 106 Å². The molecular weight excluding hydrogens is 212 g/mol. The molecule has 1 amide bonds. The Bertz CT molecular complexity index is 286. The number of rotatable bonds is 5. The number of carbonyl (C=O) groups excluding carboxylic acids is 1. The van der Waals surface area contributed by atoms with Crippen LogP contribution in [0.1, 0.15) is 54.4 Å². The molecule has 3 nitrogen and oxygen atoms in total. The number of hydrogen-bond donors (Lipinski definition) is 2. The monoisotopic (exact) mass is 240 g/mol. The van der Waals surface area contributed by atoms with Crippen LogP contribution in [0.2, 0.25) is 0 Å². The molecule has 0 radical (unpaired) electrons. The molecule has 3 N–H and O–H groups in total. The summed E-state index contributed by atoms with van der Waals surface area (Å²) in [6.45, 7) is 13.8. The van der Waals surface area contributed by atoms with Crippen LogP contribution < -0.4 is 11.1 Å². The van der Waals surface area contributed by atoms with Gasteiger partial charge in [-0.05, 0) is 37.0 Å². The van der Waals surface area contributed by atoms with E-state index in [1.807, 2.05) is 13.8 Å². The van der Waals surface area contributed by atoms with Crippen LogP contribution in [0.5, 0.6) is 0 Å². The van der Waals surface area contributed by atoms with Crippen LogP contribution in [0.15, 0.2) is 0 Å². The molecule has 0 spiro atoms. The van der Waals surface area contributed by atoms with E-state index in [1.54, 1.807) is 0 Å². The van der Waals surface area contributed by atoms with E-state index in [-0.39, 0.29) is 11.4 Å². The summed E-state index contributed by atoms with van der Waals surface area (Å²) < 4.78 is 0. The Hall–Kier alpha value is -0.570. The van der Waals surface area contributed by atoms with Gasteiger partial charge in [0, 0.05) is 18.5 Å². The first-order chi connectivity index (χ1) is 7.48. The number of hydrogen-bond acceptors (Lipinski definition) is 2. The molecule has 1 fully saturated rings. The summed E-state index contributed by atoms with van der Waals surface area (Å²) in [6.07, 6.45) is 1.26. The lowest BCUT2D eigenvalue weighted by atomic mass is 10.00. The van der Waals surface area contributed by atoms with E-state index in [4.69, 9.17) is 5.73 Å². The second kappa shape index (κ2) is 4.27. The summed E-state index contributed by atoms with van der Waals surface area (Å²) >= 11 is 0. The number of carbonyl (C=O) groups is 1. The molecule has 0 aromatic rings. The lowest BCUT2D eigenvalue weighted by Gasteiger charge is -2.17. The lowest BCUT2D eigenvalue weighted by molar-refractivity contribution is -0.121. The van der Waals surface area contributed by atoms with Gasteiger partial charge in [0.15, 0.2) is 0 Å². The van der Waals surface area contributed by atoms with E-state index < -0.39 is 0 Å². The van der Waals surface area contributed by atoms with Crippen molar-refractivity contribution in [3.63, 3.8) is 0 Å². The topological polar surface area (TPSA) is 55.1 Å². The van der Waals surface area contributed by atoms with Gasteiger partial charge in [0.1, 0.15) is 0 Å². The van der Waals surface area contributed by atoms with Gasteiger partial charge in [-0.15, -0.1) is 0 Å². The van der Waals surface area contributed by atoms with Gasteiger partial charge >= 0.3 is 0 Å². The highest BCUT2D eigenvalue weighted by Crippen LogP contribution is 2.67. The minimum atomic E-state index is -0.255. The van der Waals surface area contributed by atoms with Crippen molar-refractivity contribution in [1.29, 1.82) is 0 Å². The molecule has 0 bridgehead atoms. The SMILES string of the molecule is CC(C)(N)CCC(=O)NCC1C(C)(C)C1(C)C. The van der Waals surface area contributed by atoms with Gasteiger partial charge < -0.3 is 11.1 Å². The Morgan fingerprint density at radius 1 is 1.24 bits per heavy atom. The molecule has 0 aromatic heterocycles.